The number of rotatable bonds is 7. The third-order valence-electron chi connectivity index (χ3n) is 4.56. The highest BCUT2D eigenvalue weighted by molar-refractivity contribution is 5.91. The van der Waals surface area contributed by atoms with Crippen LogP contribution in [0.5, 0.6) is 0 Å². The molecule has 3 aromatic rings. The van der Waals surface area contributed by atoms with Crippen molar-refractivity contribution in [1.82, 2.24) is 25.2 Å². The summed E-state index contributed by atoms with van der Waals surface area (Å²) in [5.41, 5.74) is 3.60. The van der Waals surface area contributed by atoms with Gasteiger partial charge in [-0.3, -0.25) is 4.79 Å². The Kier molecular flexibility index (Phi) is 5.98. The van der Waals surface area contributed by atoms with Crippen molar-refractivity contribution in [3.63, 3.8) is 0 Å². The number of likely N-dealkylation sites (N-methyl/N-ethyl adjacent to an activating group) is 1. The second kappa shape index (κ2) is 8.60. The van der Waals surface area contributed by atoms with E-state index in [1.807, 2.05) is 44.4 Å². The first kappa shape index (κ1) is 18.8. The van der Waals surface area contributed by atoms with E-state index in [-0.39, 0.29) is 11.9 Å². The maximum atomic E-state index is 12.5. The standard InChI is InChI=1S/C21H25N5O/c1-4-16-10-12-17(13-11-16)20(25(2)3)15-22-21(27)19-14-23-26(24-19)18-8-6-5-7-9-18/h5-14,20H,4,15H2,1-3H3,(H,22,27)/t20-/m1/s1. The predicted octanol–water partition coefficient (Wildman–Crippen LogP) is 2.86. The normalized spacial score (nSPS) is 12.1. The summed E-state index contributed by atoms with van der Waals surface area (Å²) < 4.78 is 0. The fourth-order valence-electron chi connectivity index (χ4n) is 2.91. The van der Waals surface area contributed by atoms with Gasteiger partial charge in [-0.05, 0) is 43.8 Å². The van der Waals surface area contributed by atoms with Gasteiger partial charge in [0.1, 0.15) is 0 Å². The molecule has 1 aromatic heterocycles. The molecule has 27 heavy (non-hydrogen) atoms. The van der Waals surface area contributed by atoms with E-state index in [9.17, 15) is 4.79 Å². The average molecular weight is 363 g/mol. The minimum absolute atomic E-state index is 0.0871. The van der Waals surface area contributed by atoms with Crippen molar-refractivity contribution in [3.05, 3.63) is 77.6 Å². The first-order chi connectivity index (χ1) is 13.1. The Morgan fingerprint density at radius 3 is 2.44 bits per heavy atom. The molecule has 1 amide bonds. The number of carbonyl (C=O) groups excluding carboxylic acids is 1. The molecule has 0 radical (unpaired) electrons. The Morgan fingerprint density at radius 2 is 1.81 bits per heavy atom. The molecule has 0 saturated heterocycles. The monoisotopic (exact) mass is 363 g/mol. The van der Waals surface area contributed by atoms with Gasteiger partial charge in [-0.1, -0.05) is 49.4 Å². The highest BCUT2D eigenvalue weighted by Crippen LogP contribution is 2.18. The molecule has 0 spiro atoms. The summed E-state index contributed by atoms with van der Waals surface area (Å²) in [6.07, 6.45) is 2.50. The molecule has 140 valence electrons. The lowest BCUT2D eigenvalue weighted by molar-refractivity contribution is 0.0936. The SMILES string of the molecule is CCc1ccc([C@@H](CNC(=O)c2cnn(-c3ccccc3)n2)N(C)C)cc1. The zero-order valence-electron chi connectivity index (χ0n) is 16.0. The van der Waals surface area contributed by atoms with Gasteiger partial charge in [0.05, 0.1) is 17.9 Å². The van der Waals surface area contributed by atoms with Gasteiger partial charge >= 0.3 is 0 Å². The van der Waals surface area contributed by atoms with Crippen LogP contribution < -0.4 is 5.32 Å². The number of nitrogens with one attached hydrogen (secondary N) is 1. The van der Waals surface area contributed by atoms with Gasteiger partial charge in [-0.25, -0.2) is 0 Å². The third-order valence-corrected chi connectivity index (χ3v) is 4.56. The third kappa shape index (κ3) is 4.60. The molecule has 2 aromatic carbocycles. The minimum Gasteiger partial charge on any atom is -0.349 e. The summed E-state index contributed by atoms with van der Waals surface area (Å²) in [6, 6.07) is 18.1. The molecule has 1 heterocycles. The zero-order chi connectivity index (χ0) is 19.2. The van der Waals surface area contributed by atoms with Gasteiger partial charge in [0, 0.05) is 6.54 Å². The smallest absolute Gasteiger partial charge is 0.273 e. The van der Waals surface area contributed by atoms with Crippen molar-refractivity contribution in [2.24, 2.45) is 0 Å². The first-order valence-corrected chi connectivity index (χ1v) is 9.09. The van der Waals surface area contributed by atoms with Crippen LogP contribution in [0, 0.1) is 0 Å². The maximum absolute atomic E-state index is 12.5. The summed E-state index contributed by atoms with van der Waals surface area (Å²) in [5.74, 6) is -0.228. The summed E-state index contributed by atoms with van der Waals surface area (Å²) in [5, 5.41) is 11.4. The summed E-state index contributed by atoms with van der Waals surface area (Å²) in [4.78, 5) is 16.1. The number of benzene rings is 2. The average Bonchev–Trinajstić information content (AvgIpc) is 3.19. The van der Waals surface area contributed by atoms with Gasteiger partial charge in [0.2, 0.25) is 0 Å². The van der Waals surface area contributed by atoms with Crippen LogP contribution in [0.25, 0.3) is 5.69 Å². The second-order valence-electron chi connectivity index (χ2n) is 6.64. The van der Waals surface area contributed by atoms with Crippen molar-refractivity contribution in [1.29, 1.82) is 0 Å². The van der Waals surface area contributed by atoms with Crippen LogP contribution in [-0.4, -0.2) is 46.4 Å². The number of aromatic nitrogens is 3. The molecule has 0 unspecified atom stereocenters. The van der Waals surface area contributed by atoms with Gasteiger partial charge in [0.25, 0.3) is 5.91 Å². The molecule has 1 atom stereocenters. The van der Waals surface area contributed by atoms with Crippen molar-refractivity contribution >= 4 is 5.91 Å². The van der Waals surface area contributed by atoms with Crippen LogP contribution in [0.3, 0.4) is 0 Å². The van der Waals surface area contributed by atoms with E-state index in [2.05, 4.69) is 51.6 Å². The molecule has 0 fully saturated rings. The molecule has 0 aliphatic rings. The Bertz CT molecular complexity index is 871. The molecule has 0 aliphatic carbocycles. The number of amides is 1. The largest absolute Gasteiger partial charge is 0.349 e. The summed E-state index contributed by atoms with van der Waals surface area (Å²) >= 11 is 0. The van der Waals surface area contributed by atoms with Crippen LogP contribution in [0.4, 0.5) is 0 Å². The number of para-hydroxylation sites is 1. The van der Waals surface area contributed by atoms with Gasteiger partial charge in [-0.15, -0.1) is 5.10 Å². The fourth-order valence-corrected chi connectivity index (χ4v) is 2.91. The molecular weight excluding hydrogens is 338 g/mol. The Labute approximate surface area is 159 Å². The Balaban J connectivity index is 1.66. The fraction of sp³-hybridized carbons (Fsp3) is 0.286. The van der Waals surface area contributed by atoms with Crippen molar-refractivity contribution < 1.29 is 4.79 Å². The lowest BCUT2D eigenvalue weighted by Crippen LogP contribution is -2.34. The number of carbonyl (C=O) groups is 1. The van der Waals surface area contributed by atoms with Crippen LogP contribution in [0.15, 0.2) is 60.8 Å². The predicted molar refractivity (Wildman–Crippen MR) is 106 cm³/mol. The maximum Gasteiger partial charge on any atom is 0.273 e. The molecular formula is C21H25N5O. The number of hydrogen-bond acceptors (Lipinski definition) is 4. The topological polar surface area (TPSA) is 63.1 Å². The van der Waals surface area contributed by atoms with Crippen molar-refractivity contribution in [3.8, 4) is 5.69 Å². The van der Waals surface area contributed by atoms with E-state index in [0.29, 0.717) is 12.2 Å². The van der Waals surface area contributed by atoms with E-state index < -0.39 is 0 Å². The number of nitrogens with zero attached hydrogens (tertiary/aromatic N) is 4. The van der Waals surface area contributed by atoms with Crippen LogP contribution >= 0.6 is 0 Å². The highest BCUT2D eigenvalue weighted by Gasteiger charge is 2.17. The lowest BCUT2D eigenvalue weighted by atomic mass is 10.0. The summed E-state index contributed by atoms with van der Waals surface area (Å²) in [6.45, 7) is 2.64. The summed E-state index contributed by atoms with van der Waals surface area (Å²) in [7, 11) is 4.02. The van der Waals surface area contributed by atoms with E-state index in [0.717, 1.165) is 12.1 Å². The van der Waals surface area contributed by atoms with Gasteiger partial charge in [0.15, 0.2) is 5.69 Å². The Morgan fingerprint density at radius 1 is 1.11 bits per heavy atom. The number of hydrogen-bond donors (Lipinski definition) is 1. The minimum atomic E-state index is -0.228. The molecule has 1 N–H and O–H groups in total. The van der Waals surface area contributed by atoms with E-state index in [1.54, 1.807) is 0 Å². The Hall–Kier alpha value is -2.99. The number of aryl methyl sites for hydroxylation is 1. The second-order valence-corrected chi connectivity index (χ2v) is 6.64. The van der Waals surface area contributed by atoms with E-state index >= 15 is 0 Å². The highest BCUT2D eigenvalue weighted by atomic mass is 16.2. The molecule has 6 heteroatoms. The molecule has 0 saturated carbocycles. The quantitative estimate of drug-likeness (QED) is 0.701. The van der Waals surface area contributed by atoms with Gasteiger partial charge in [-0.2, -0.15) is 9.90 Å². The molecule has 3 rings (SSSR count). The first-order valence-electron chi connectivity index (χ1n) is 9.09. The lowest BCUT2D eigenvalue weighted by Gasteiger charge is -2.25. The van der Waals surface area contributed by atoms with E-state index in [4.69, 9.17) is 0 Å². The van der Waals surface area contributed by atoms with E-state index in [1.165, 1.54) is 22.1 Å². The van der Waals surface area contributed by atoms with Crippen molar-refractivity contribution in [2.75, 3.05) is 20.6 Å². The molecule has 0 aliphatic heterocycles. The molecule has 6 nitrogen and oxygen atoms in total. The molecule has 0 bridgehead atoms. The van der Waals surface area contributed by atoms with Crippen LogP contribution in [0.1, 0.15) is 34.6 Å². The van der Waals surface area contributed by atoms with Crippen LogP contribution in [-0.2, 0) is 6.42 Å². The van der Waals surface area contributed by atoms with Crippen molar-refractivity contribution in [2.45, 2.75) is 19.4 Å². The van der Waals surface area contributed by atoms with Gasteiger partial charge < -0.3 is 10.2 Å². The zero-order valence-corrected chi connectivity index (χ0v) is 16.0. The van der Waals surface area contributed by atoms with Crippen LogP contribution in [0.2, 0.25) is 0 Å².